The number of ether oxygens (including phenoxy) is 2. The fourth-order valence-corrected chi connectivity index (χ4v) is 4.19. The molecule has 0 atom stereocenters. The number of carboxylic acids is 2. The minimum Gasteiger partial charge on any atom is -0.545 e. The third-order valence-corrected chi connectivity index (χ3v) is 5.83. The number of carboxylic acid groups (broad SMARTS) is 2. The molecule has 2 aliphatic heterocycles. The van der Waals surface area contributed by atoms with Gasteiger partial charge in [-0.3, -0.25) is 0 Å². The number of carbonyl (C=O) groups is 2. The van der Waals surface area contributed by atoms with Crippen LogP contribution >= 0.6 is 0 Å². The minimum atomic E-state index is -1.16. The third-order valence-electron chi connectivity index (χ3n) is 5.83. The summed E-state index contributed by atoms with van der Waals surface area (Å²) in [5, 5.41) is 22.0. The summed E-state index contributed by atoms with van der Waals surface area (Å²) in [6.45, 7) is 0. The number of hydrogen-bond donors (Lipinski definition) is 0. The van der Waals surface area contributed by atoms with E-state index in [1.165, 1.54) is 0 Å². The van der Waals surface area contributed by atoms with Crippen LogP contribution < -0.4 is 19.7 Å². The molecule has 0 radical (unpaired) electrons. The van der Waals surface area contributed by atoms with Crippen molar-refractivity contribution in [2.24, 2.45) is 0 Å². The maximum atomic E-state index is 11.0. The Morgan fingerprint density at radius 2 is 0.914 bits per heavy atom. The van der Waals surface area contributed by atoms with E-state index >= 15 is 0 Å². The summed E-state index contributed by atoms with van der Waals surface area (Å²) in [7, 11) is 0. The van der Waals surface area contributed by atoms with Gasteiger partial charge in [-0.1, -0.05) is 60.7 Å². The molecular weight excluding hydrogens is 627 g/mol. The summed E-state index contributed by atoms with van der Waals surface area (Å²) < 4.78 is 11.4. The van der Waals surface area contributed by atoms with Gasteiger partial charge in [0, 0.05) is 35.1 Å². The summed E-state index contributed by atoms with van der Waals surface area (Å²) in [6, 6.07) is 25.2. The van der Waals surface area contributed by atoms with Gasteiger partial charge in [0.05, 0.1) is 11.9 Å². The molecule has 0 saturated carbocycles. The molecule has 0 unspecified atom stereocenters. The number of fused-ring (bicyclic) bond motifs is 4. The van der Waals surface area contributed by atoms with Crippen LogP contribution in [0.15, 0.2) is 84.9 Å². The van der Waals surface area contributed by atoms with Crippen molar-refractivity contribution in [3.63, 3.8) is 0 Å². The zero-order valence-electron chi connectivity index (χ0n) is 18.3. The van der Waals surface area contributed by atoms with Crippen molar-refractivity contribution < 1.29 is 50.3 Å². The van der Waals surface area contributed by atoms with E-state index in [2.05, 4.69) is 0 Å². The van der Waals surface area contributed by atoms with Gasteiger partial charge < -0.3 is 29.3 Å². The molecule has 7 heteroatoms. The predicted molar refractivity (Wildman–Crippen MR) is 120 cm³/mol. The Balaban J connectivity index is 0.000000160. The van der Waals surface area contributed by atoms with E-state index in [-0.39, 0.29) is 32.2 Å². The molecule has 6 rings (SSSR count). The van der Waals surface area contributed by atoms with E-state index < -0.39 is 11.9 Å². The summed E-state index contributed by atoms with van der Waals surface area (Å²) in [4.78, 5) is 22.0. The molecular formula is C28H18O6Pt. The summed E-state index contributed by atoms with van der Waals surface area (Å²) in [6.07, 6.45) is 1.13. The Kier molecular flexibility index (Phi) is 7.04. The van der Waals surface area contributed by atoms with Gasteiger partial charge in [-0.2, -0.15) is 0 Å². The fourth-order valence-electron chi connectivity index (χ4n) is 4.19. The van der Waals surface area contributed by atoms with E-state index in [1.807, 2.05) is 48.5 Å². The number of rotatable bonds is 2. The number of hydrogen-bond acceptors (Lipinski definition) is 6. The van der Waals surface area contributed by atoms with Gasteiger partial charge in [0.15, 0.2) is 0 Å². The van der Waals surface area contributed by atoms with Crippen LogP contribution in [0.3, 0.4) is 0 Å². The smallest absolute Gasteiger partial charge is 0.545 e. The molecule has 4 aromatic rings. The van der Waals surface area contributed by atoms with Crippen LogP contribution in [-0.2, 0) is 33.9 Å². The van der Waals surface area contributed by atoms with E-state index in [9.17, 15) is 19.8 Å². The van der Waals surface area contributed by atoms with Crippen molar-refractivity contribution in [2.75, 3.05) is 0 Å². The standard InChI is InChI=1S/2C14H10O3.Pt/c2*15-14(16)10-5-3-7-13-11(10)8-9-4-1-2-6-12(9)17-13;/h2*1-7H,8H2,(H,15,16);/q;;+2/p-2. The van der Waals surface area contributed by atoms with Crippen LogP contribution in [0.25, 0.3) is 0 Å². The van der Waals surface area contributed by atoms with Crippen molar-refractivity contribution in [1.82, 2.24) is 0 Å². The first-order chi connectivity index (χ1) is 16.5. The topological polar surface area (TPSA) is 98.7 Å². The molecule has 0 N–H and O–H groups in total. The maximum absolute atomic E-state index is 11.0. The Bertz CT molecular complexity index is 1320. The molecule has 0 bridgehead atoms. The average Bonchev–Trinajstić information content (AvgIpc) is 2.85. The Morgan fingerprint density at radius 3 is 1.31 bits per heavy atom. The predicted octanol–water partition coefficient (Wildman–Crippen LogP) is 3.49. The first kappa shape index (κ1) is 24.2. The quantitative estimate of drug-likeness (QED) is 0.286. The van der Waals surface area contributed by atoms with Crippen molar-refractivity contribution in [2.45, 2.75) is 12.8 Å². The fraction of sp³-hybridized carbons (Fsp3) is 0.0714. The Morgan fingerprint density at radius 1 is 0.543 bits per heavy atom. The molecule has 35 heavy (non-hydrogen) atoms. The SMILES string of the molecule is O=C([O-])c1cccc2c1Cc1ccccc1O2.O=C([O-])c1cccc2c1Cc1ccccc1O2.[Pt+2]. The molecule has 0 aliphatic carbocycles. The number of benzene rings is 4. The number of aromatic carboxylic acids is 2. The van der Waals surface area contributed by atoms with E-state index in [1.54, 1.807) is 36.4 Å². The maximum Gasteiger partial charge on any atom is 2.00 e. The molecule has 0 aromatic heterocycles. The molecule has 2 heterocycles. The van der Waals surface area contributed by atoms with Gasteiger partial charge >= 0.3 is 21.1 Å². The van der Waals surface area contributed by atoms with Gasteiger partial charge in [0.2, 0.25) is 0 Å². The Hall–Kier alpha value is -3.89. The normalized spacial score (nSPS) is 11.9. The molecule has 2 aliphatic rings. The van der Waals surface area contributed by atoms with Crippen LogP contribution in [0.2, 0.25) is 0 Å². The monoisotopic (exact) mass is 645 g/mol. The second-order valence-electron chi connectivity index (χ2n) is 7.91. The Labute approximate surface area is 216 Å². The molecule has 0 saturated heterocycles. The molecule has 4 aromatic carbocycles. The summed E-state index contributed by atoms with van der Waals surface area (Å²) >= 11 is 0. The number of para-hydroxylation sites is 2. The zero-order chi connectivity index (χ0) is 23.7. The van der Waals surface area contributed by atoms with E-state index in [0.717, 1.165) is 22.6 Å². The first-order valence-electron chi connectivity index (χ1n) is 10.7. The summed E-state index contributed by atoms with van der Waals surface area (Å²) in [5.41, 5.74) is 3.77. The first-order valence-corrected chi connectivity index (χ1v) is 10.7. The van der Waals surface area contributed by atoms with Crippen molar-refractivity contribution >= 4 is 11.9 Å². The largest absolute Gasteiger partial charge is 2.00 e. The number of carbonyl (C=O) groups excluding carboxylic acids is 2. The van der Waals surface area contributed by atoms with Crippen LogP contribution in [0, 0.1) is 0 Å². The van der Waals surface area contributed by atoms with Gasteiger partial charge in [0.25, 0.3) is 0 Å². The third kappa shape index (κ3) is 4.84. The molecule has 0 fully saturated rings. The van der Waals surface area contributed by atoms with Gasteiger partial charge in [-0.25, -0.2) is 0 Å². The zero-order valence-corrected chi connectivity index (χ0v) is 20.5. The molecule has 0 amide bonds. The van der Waals surface area contributed by atoms with Gasteiger partial charge in [-0.15, -0.1) is 0 Å². The van der Waals surface area contributed by atoms with Crippen LogP contribution in [-0.4, -0.2) is 11.9 Å². The molecule has 6 nitrogen and oxygen atoms in total. The van der Waals surface area contributed by atoms with E-state index in [0.29, 0.717) is 35.5 Å². The molecule has 176 valence electrons. The second-order valence-corrected chi connectivity index (χ2v) is 7.91. The minimum absolute atomic E-state index is 0. The van der Waals surface area contributed by atoms with Gasteiger partial charge in [0.1, 0.15) is 23.0 Å². The average molecular weight is 646 g/mol. The second kappa shape index (κ2) is 10.2. The molecule has 0 spiro atoms. The van der Waals surface area contributed by atoms with Crippen LogP contribution in [0.5, 0.6) is 23.0 Å². The van der Waals surface area contributed by atoms with Crippen molar-refractivity contribution in [3.05, 3.63) is 118 Å². The van der Waals surface area contributed by atoms with Gasteiger partial charge in [-0.05, 0) is 35.4 Å². The van der Waals surface area contributed by atoms with Crippen LogP contribution in [0.4, 0.5) is 0 Å². The van der Waals surface area contributed by atoms with Crippen LogP contribution in [0.1, 0.15) is 43.0 Å². The van der Waals surface area contributed by atoms with E-state index in [4.69, 9.17) is 9.47 Å². The summed E-state index contributed by atoms with van der Waals surface area (Å²) in [5.74, 6) is 0.455. The van der Waals surface area contributed by atoms with Crippen molar-refractivity contribution in [1.29, 1.82) is 0 Å². The van der Waals surface area contributed by atoms with Crippen molar-refractivity contribution in [3.8, 4) is 23.0 Å².